The minimum atomic E-state index is -0.351. The molecule has 1 aromatic heterocycles. The Morgan fingerprint density at radius 1 is 1.21 bits per heavy atom. The third-order valence-electron chi connectivity index (χ3n) is 5.06. The van der Waals surface area contributed by atoms with Crippen molar-refractivity contribution in [2.45, 2.75) is 12.5 Å². The van der Waals surface area contributed by atoms with Gasteiger partial charge in [0.05, 0.1) is 11.0 Å². The maximum Gasteiger partial charge on any atom is 0.325 e. The van der Waals surface area contributed by atoms with Crippen molar-refractivity contribution in [2.24, 2.45) is 0 Å². The number of pyridine rings is 1. The van der Waals surface area contributed by atoms with Gasteiger partial charge in [-0.3, -0.25) is 9.69 Å². The van der Waals surface area contributed by atoms with Gasteiger partial charge in [0.25, 0.3) is 0 Å². The van der Waals surface area contributed by atoms with Crippen LogP contribution in [0.1, 0.15) is 6.42 Å². The van der Waals surface area contributed by atoms with Crippen molar-refractivity contribution in [3.63, 3.8) is 0 Å². The molecular weight excluding hydrogens is 443 g/mol. The molecule has 1 aromatic carbocycles. The predicted molar refractivity (Wildman–Crippen MR) is 108 cm³/mol. The molecule has 0 spiro atoms. The van der Waals surface area contributed by atoms with Crippen LogP contribution in [0.5, 0.6) is 5.88 Å². The molecule has 2 saturated heterocycles. The van der Waals surface area contributed by atoms with Gasteiger partial charge in [-0.05, 0) is 52.3 Å². The summed E-state index contributed by atoms with van der Waals surface area (Å²) < 4.78 is 19.8. The average molecular weight is 463 g/mol. The number of carbonyl (C=O) groups excluding carboxylic acids is 2. The molecule has 152 valence electrons. The van der Waals surface area contributed by atoms with Crippen LogP contribution in [0.3, 0.4) is 0 Å². The van der Waals surface area contributed by atoms with E-state index >= 15 is 0 Å². The van der Waals surface area contributed by atoms with Crippen LogP contribution in [0.4, 0.5) is 14.9 Å². The van der Waals surface area contributed by atoms with Gasteiger partial charge in [-0.1, -0.05) is 0 Å². The SMILES string of the molecule is O=C(CN1CCN(c2ccc(F)cc2)C1=O)N1CCC(Oc2ncccc2Br)C1. The first-order chi connectivity index (χ1) is 14.0. The van der Waals surface area contributed by atoms with E-state index in [1.807, 2.05) is 12.1 Å². The van der Waals surface area contributed by atoms with E-state index in [0.717, 1.165) is 4.47 Å². The second-order valence-corrected chi connectivity index (χ2v) is 7.85. The average Bonchev–Trinajstić information content (AvgIpc) is 3.32. The van der Waals surface area contributed by atoms with Gasteiger partial charge in [0.15, 0.2) is 0 Å². The van der Waals surface area contributed by atoms with Crippen LogP contribution in [-0.2, 0) is 4.79 Å². The normalized spacial score (nSPS) is 19.2. The Balaban J connectivity index is 1.31. The van der Waals surface area contributed by atoms with Gasteiger partial charge in [-0.2, -0.15) is 0 Å². The van der Waals surface area contributed by atoms with Gasteiger partial charge in [0.1, 0.15) is 18.5 Å². The lowest BCUT2D eigenvalue weighted by Crippen LogP contribution is -2.42. The zero-order valence-electron chi connectivity index (χ0n) is 15.6. The molecule has 2 aliphatic rings. The molecule has 0 saturated carbocycles. The Hall–Kier alpha value is -2.68. The molecule has 1 atom stereocenters. The molecular formula is C20H20BrFN4O3. The lowest BCUT2D eigenvalue weighted by atomic mass is 10.3. The number of aromatic nitrogens is 1. The van der Waals surface area contributed by atoms with Gasteiger partial charge in [0, 0.05) is 37.9 Å². The van der Waals surface area contributed by atoms with E-state index in [2.05, 4.69) is 20.9 Å². The summed E-state index contributed by atoms with van der Waals surface area (Å²) in [4.78, 5) is 34.3. The minimum Gasteiger partial charge on any atom is -0.472 e. The molecule has 0 radical (unpaired) electrons. The fourth-order valence-corrected chi connectivity index (χ4v) is 3.87. The Morgan fingerprint density at radius 2 is 2.00 bits per heavy atom. The second kappa shape index (κ2) is 8.36. The third-order valence-corrected chi connectivity index (χ3v) is 5.66. The van der Waals surface area contributed by atoms with Crippen molar-refractivity contribution >= 4 is 33.6 Å². The number of halogens is 2. The lowest BCUT2D eigenvalue weighted by molar-refractivity contribution is -0.130. The van der Waals surface area contributed by atoms with E-state index in [-0.39, 0.29) is 30.4 Å². The number of nitrogens with zero attached hydrogens (tertiary/aromatic N) is 4. The van der Waals surface area contributed by atoms with E-state index in [1.54, 1.807) is 28.1 Å². The van der Waals surface area contributed by atoms with Gasteiger partial charge < -0.3 is 14.5 Å². The Bertz CT molecular complexity index is 911. The smallest absolute Gasteiger partial charge is 0.325 e. The fourth-order valence-electron chi connectivity index (χ4n) is 3.52. The van der Waals surface area contributed by atoms with Crippen molar-refractivity contribution < 1.29 is 18.7 Å². The maximum absolute atomic E-state index is 13.1. The fraction of sp³-hybridized carbons (Fsp3) is 0.350. The first-order valence-electron chi connectivity index (χ1n) is 9.38. The highest BCUT2D eigenvalue weighted by Crippen LogP contribution is 2.25. The molecule has 2 fully saturated rings. The minimum absolute atomic E-state index is 0.0243. The van der Waals surface area contributed by atoms with Crippen LogP contribution >= 0.6 is 15.9 Å². The number of hydrogen-bond acceptors (Lipinski definition) is 4. The number of benzene rings is 1. The Morgan fingerprint density at radius 3 is 2.76 bits per heavy atom. The highest BCUT2D eigenvalue weighted by Gasteiger charge is 2.34. The molecule has 7 nitrogen and oxygen atoms in total. The van der Waals surface area contributed by atoms with Crippen LogP contribution in [0.15, 0.2) is 47.1 Å². The van der Waals surface area contributed by atoms with Crippen LogP contribution in [-0.4, -0.2) is 65.5 Å². The summed E-state index contributed by atoms with van der Waals surface area (Å²) in [5.41, 5.74) is 0.627. The molecule has 0 N–H and O–H groups in total. The summed E-state index contributed by atoms with van der Waals surface area (Å²) in [5.74, 6) is 0.0536. The van der Waals surface area contributed by atoms with E-state index in [1.165, 1.54) is 17.0 Å². The molecule has 29 heavy (non-hydrogen) atoms. The third kappa shape index (κ3) is 4.34. The summed E-state index contributed by atoms with van der Waals surface area (Å²) in [6, 6.07) is 9.19. The van der Waals surface area contributed by atoms with E-state index < -0.39 is 0 Å². The zero-order valence-corrected chi connectivity index (χ0v) is 17.2. The quantitative estimate of drug-likeness (QED) is 0.684. The Kier molecular flexibility index (Phi) is 5.66. The summed E-state index contributed by atoms with van der Waals surface area (Å²) >= 11 is 3.40. The van der Waals surface area contributed by atoms with Crippen LogP contribution < -0.4 is 9.64 Å². The van der Waals surface area contributed by atoms with E-state index in [9.17, 15) is 14.0 Å². The second-order valence-electron chi connectivity index (χ2n) is 6.99. The number of urea groups is 1. The molecule has 0 aliphatic carbocycles. The van der Waals surface area contributed by atoms with Crippen molar-refractivity contribution in [2.75, 3.05) is 37.6 Å². The number of likely N-dealkylation sites (tertiary alicyclic amines) is 1. The summed E-state index contributed by atoms with van der Waals surface area (Å²) in [7, 11) is 0. The van der Waals surface area contributed by atoms with Gasteiger partial charge in [-0.15, -0.1) is 0 Å². The van der Waals surface area contributed by atoms with Crippen LogP contribution in [0.2, 0.25) is 0 Å². The largest absolute Gasteiger partial charge is 0.472 e. The van der Waals surface area contributed by atoms with Crippen LogP contribution in [0.25, 0.3) is 0 Å². The number of hydrogen-bond donors (Lipinski definition) is 0. The molecule has 3 heterocycles. The standard InChI is InChI=1S/C20H20BrFN4O3/c21-17-2-1-8-23-19(17)29-16-7-9-24(12-16)18(27)13-25-10-11-26(20(25)28)15-5-3-14(22)4-6-15/h1-6,8,16H,7,9-13H2. The lowest BCUT2D eigenvalue weighted by Gasteiger charge is -2.22. The van der Waals surface area contributed by atoms with Gasteiger partial charge >= 0.3 is 6.03 Å². The van der Waals surface area contributed by atoms with Crippen molar-refractivity contribution in [3.8, 4) is 5.88 Å². The molecule has 3 amide bonds. The van der Waals surface area contributed by atoms with Crippen molar-refractivity contribution in [3.05, 3.63) is 52.9 Å². The topological polar surface area (TPSA) is 66.0 Å². The van der Waals surface area contributed by atoms with Crippen LogP contribution in [0, 0.1) is 5.82 Å². The molecule has 4 rings (SSSR count). The number of carbonyl (C=O) groups is 2. The first-order valence-corrected chi connectivity index (χ1v) is 10.2. The monoisotopic (exact) mass is 462 g/mol. The number of rotatable bonds is 5. The van der Waals surface area contributed by atoms with E-state index in [0.29, 0.717) is 44.2 Å². The first kappa shape index (κ1) is 19.6. The zero-order chi connectivity index (χ0) is 20.4. The van der Waals surface area contributed by atoms with E-state index in [4.69, 9.17) is 4.74 Å². The summed E-state index contributed by atoms with van der Waals surface area (Å²) in [6.45, 7) is 1.99. The number of ether oxygens (including phenoxy) is 1. The summed E-state index contributed by atoms with van der Waals surface area (Å²) in [5, 5.41) is 0. The molecule has 2 aliphatic heterocycles. The molecule has 2 aromatic rings. The number of anilines is 1. The van der Waals surface area contributed by atoms with Gasteiger partial charge in [-0.25, -0.2) is 14.2 Å². The van der Waals surface area contributed by atoms with Crippen molar-refractivity contribution in [1.29, 1.82) is 0 Å². The van der Waals surface area contributed by atoms with Crippen molar-refractivity contribution in [1.82, 2.24) is 14.8 Å². The number of amides is 3. The summed E-state index contributed by atoms with van der Waals surface area (Å²) in [6.07, 6.45) is 2.24. The molecule has 0 bridgehead atoms. The Labute approximate surface area is 176 Å². The van der Waals surface area contributed by atoms with Gasteiger partial charge in [0.2, 0.25) is 11.8 Å². The highest BCUT2D eigenvalue weighted by atomic mass is 79.9. The maximum atomic E-state index is 13.1. The highest BCUT2D eigenvalue weighted by molar-refractivity contribution is 9.10. The predicted octanol–water partition coefficient (Wildman–Crippen LogP) is 2.91. The molecule has 9 heteroatoms. The molecule has 1 unspecified atom stereocenters.